The maximum atomic E-state index is 13.5. The largest absolute Gasteiger partial charge is 0.490 e. The Bertz CT molecular complexity index is 635. The van der Waals surface area contributed by atoms with E-state index in [0.29, 0.717) is 16.9 Å². The molecule has 0 amide bonds. The molecule has 0 spiro atoms. The molecular formula is C16H15FO3. The van der Waals surface area contributed by atoms with Gasteiger partial charge in [-0.3, -0.25) is 0 Å². The standard InChI is InChI=1S/C16H15FO3/c1-10(2)20-15-6-4-3-5-12(15)14-9-11(17)7-8-13(14)16(18)19/h3-10H,1-2H3,(H,18,19). The third-order valence-corrected chi connectivity index (χ3v) is 2.75. The van der Waals surface area contributed by atoms with Crippen LogP contribution in [0.3, 0.4) is 0 Å². The van der Waals surface area contributed by atoms with E-state index in [2.05, 4.69) is 0 Å². The average Bonchev–Trinajstić information content (AvgIpc) is 2.38. The molecule has 0 fully saturated rings. The highest BCUT2D eigenvalue weighted by Crippen LogP contribution is 2.33. The molecule has 0 aromatic heterocycles. The van der Waals surface area contributed by atoms with Gasteiger partial charge in [-0.1, -0.05) is 18.2 Å². The topological polar surface area (TPSA) is 46.5 Å². The fraction of sp³-hybridized carbons (Fsp3) is 0.188. The Kier molecular flexibility index (Phi) is 4.03. The van der Waals surface area contributed by atoms with Crippen molar-refractivity contribution in [3.8, 4) is 16.9 Å². The third-order valence-electron chi connectivity index (χ3n) is 2.75. The lowest BCUT2D eigenvalue weighted by molar-refractivity contribution is 0.0697. The summed E-state index contributed by atoms with van der Waals surface area (Å²) in [7, 11) is 0. The zero-order chi connectivity index (χ0) is 14.7. The van der Waals surface area contributed by atoms with Crippen molar-refractivity contribution in [3.05, 3.63) is 53.8 Å². The number of carboxylic acid groups (broad SMARTS) is 1. The number of para-hydroxylation sites is 1. The van der Waals surface area contributed by atoms with E-state index in [9.17, 15) is 14.3 Å². The lowest BCUT2D eigenvalue weighted by atomic mass is 9.98. The predicted molar refractivity (Wildman–Crippen MR) is 74.6 cm³/mol. The second-order valence-corrected chi connectivity index (χ2v) is 4.66. The van der Waals surface area contributed by atoms with Gasteiger partial charge in [0, 0.05) is 11.1 Å². The summed E-state index contributed by atoms with van der Waals surface area (Å²) >= 11 is 0. The molecular weight excluding hydrogens is 259 g/mol. The number of carboxylic acids is 1. The number of carbonyl (C=O) groups is 1. The van der Waals surface area contributed by atoms with Gasteiger partial charge in [-0.2, -0.15) is 0 Å². The van der Waals surface area contributed by atoms with Crippen LogP contribution in [0.25, 0.3) is 11.1 Å². The molecule has 104 valence electrons. The SMILES string of the molecule is CC(C)Oc1ccccc1-c1cc(F)ccc1C(=O)O. The molecule has 0 atom stereocenters. The van der Waals surface area contributed by atoms with Crippen molar-refractivity contribution in [1.29, 1.82) is 0 Å². The van der Waals surface area contributed by atoms with Gasteiger partial charge in [0.15, 0.2) is 0 Å². The highest BCUT2D eigenvalue weighted by molar-refractivity contribution is 5.96. The molecule has 4 heteroatoms. The molecule has 0 radical (unpaired) electrons. The van der Waals surface area contributed by atoms with Crippen LogP contribution in [-0.4, -0.2) is 17.2 Å². The van der Waals surface area contributed by atoms with Crippen LogP contribution < -0.4 is 4.74 Å². The first-order valence-corrected chi connectivity index (χ1v) is 6.28. The summed E-state index contributed by atoms with van der Waals surface area (Å²) in [5, 5.41) is 9.23. The van der Waals surface area contributed by atoms with Gasteiger partial charge >= 0.3 is 5.97 Å². The van der Waals surface area contributed by atoms with Gasteiger partial charge in [0.1, 0.15) is 11.6 Å². The fourth-order valence-corrected chi connectivity index (χ4v) is 1.97. The summed E-state index contributed by atoms with van der Waals surface area (Å²) in [4.78, 5) is 11.3. The van der Waals surface area contributed by atoms with E-state index < -0.39 is 11.8 Å². The minimum Gasteiger partial charge on any atom is -0.490 e. The van der Waals surface area contributed by atoms with E-state index in [-0.39, 0.29) is 11.7 Å². The smallest absolute Gasteiger partial charge is 0.336 e. The summed E-state index contributed by atoms with van der Waals surface area (Å²) in [6, 6.07) is 10.6. The van der Waals surface area contributed by atoms with Crippen LogP contribution in [0.15, 0.2) is 42.5 Å². The molecule has 3 nitrogen and oxygen atoms in total. The van der Waals surface area contributed by atoms with Gasteiger partial charge in [0.05, 0.1) is 11.7 Å². The normalized spacial score (nSPS) is 10.6. The molecule has 1 N–H and O–H groups in total. The zero-order valence-electron chi connectivity index (χ0n) is 11.3. The Morgan fingerprint density at radius 3 is 2.50 bits per heavy atom. The molecule has 0 heterocycles. The molecule has 0 aliphatic rings. The van der Waals surface area contributed by atoms with Crippen molar-refractivity contribution in [2.75, 3.05) is 0 Å². The quantitative estimate of drug-likeness (QED) is 0.917. The van der Waals surface area contributed by atoms with Gasteiger partial charge in [-0.15, -0.1) is 0 Å². The molecule has 2 rings (SSSR count). The molecule has 2 aromatic carbocycles. The highest BCUT2D eigenvalue weighted by Gasteiger charge is 2.16. The minimum atomic E-state index is -1.10. The molecule has 0 saturated carbocycles. The fourth-order valence-electron chi connectivity index (χ4n) is 1.97. The molecule has 0 aliphatic carbocycles. The Hall–Kier alpha value is -2.36. The van der Waals surface area contributed by atoms with Crippen molar-refractivity contribution in [3.63, 3.8) is 0 Å². The van der Waals surface area contributed by atoms with Crippen LogP contribution in [0.5, 0.6) is 5.75 Å². The first-order valence-electron chi connectivity index (χ1n) is 6.28. The van der Waals surface area contributed by atoms with Crippen molar-refractivity contribution in [2.45, 2.75) is 20.0 Å². The first-order chi connectivity index (χ1) is 9.49. The lowest BCUT2D eigenvalue weighted by Crippen LogP contribution is -2.07. The number of benzene rings is 2. The Labute approximate surface area is 116 Å². The summed E-state index contributed by atoms with van der Waals surface area (Å²) in [6.45, 7) is 3.75. The number of halogens is 1. The zero-order valence-corrected chi connectivity index (χ0v) is 11.3. The average molecular weight is 274 g/mol. The predicted octanol–water partition coefficient (Wildman–Crippen LogP) is 3.98. The van der Waals surface area contributed by atoms with Gasteiger partial charge in [0.2, 0.25) is 0 Å². The molecule has 0 aliphatic heterocycles. The number of hydrogen-bond acceptors (Lipinski definition) is 2. The molecule has 0 unspecified atom stereocenters. The van der Waals surface area contributed by atoms with E-state index in [1.54, 1.807) is 24.3 Å². The lowest BCUT2D eigenvalue weighted by Gasteiger charge is -2.15. The van der Waals surface area contributed by atoms with Gasteiger partial charge < -0.3 is 9.84 Å². The maximum absolute atomic E-state index is 13.5. The van der Waals surface area contributed by atoms with E-state index in [0.717, 1.165) is 6.07 Å². The highest BCUT2D eigenvalue weighted by atomic mass is 19.1. The number of ether oxygens (including phenoxy) is 1. The second-order valence-electron chi connectivity index (χ2n) is 4.66. The number of hydrogen-bond donors (Lipinski definition) is 1. The Balaban J connectivity index is 2.62. The van der Waals surface area contributed by atoms with Crippen molar-refractivity contribution < 1.29 is 19.0 Å². The summed E-state index contributed by atoms with van der Waals surface area (Å²) < 4.78 is 19.1. The van der Waals surface area contributed by atoms with Crippen LogP contribution in [0.2, 0.25) is 0 Å². The number of rotatable bonds is 4. The molecule has 0 saturated heterocycles. The van der Waals surface area contributed by atoms with Crippen LogP contribution in [0, 0.1) is 5.82 Å². The molecule has 2 aromatic rings. The Morgan fingerprint density at radius 1 is 1.15 bits per heavy atom. The van der Waals surface area contributed by atoms with Crippen LogP contribution in [0.1, 0.15) is 24.2 Å². The first kappa shape index (κ1) is 14.1. The van der Waals surface area contributed by atoms with Crippen LogP contribution >= 0.6 is 0 Å². The van der Waals surface area contributed by atoms with Crippen molar-refractivity contribution >= 4 is 5.97 Å². The summed E-state index contributed by atoms with van der Waals surface area (Å²) in [5.74, 6) is -1.04. The van der Waals surface area contributed by atoms with E-state index in [1.165, 1.54) is 12.1 Å². The van der Waals surface area contributed by atoms with Crippen LogP contribution in [-0.2, 0) is 0 Å². The third kappa shape index (κ3) is 2.96. The number of aromatic carboxylic acids is 1. The van der Waals surface area contributed by atoms with Crippen molar-refractivity contribution in [2.24, 2.45) is 0 Å². The van der Waals surface area contributed by atoms with Gasteiger partial charge in [-0.05, 0) is 38.1 Å². The maximum Gasteiger partial charge on any atom is 0.336 e. The second kappa shape index (κ2) is 5.74. The monoisotopic (exact) mass is 274 g/mol. The Morgan fingerprint density at radius 2 is 1.85 bits per heavy atom. The summed E-state index contributed by atoms with van der Waals surface area (Å²) in [5.41, 5.74) is 0.929. The van der Waals surface area contributed by atoms with Crippen molar-refractivity contribution in [1.82, 2.24) is 0 Å². The molecule has 0 bridgehead atoms. The van der Waals surface area contributed by atoms with Gasteiger partial charge in [0.25, 0.3) is 0 Å². The van der Waals surface area contributed by atoms with E-state index >= 15 is 0 Å². The molecule has 20 heavy (non-hydrogen) atoms. The van der Waals surface area contributed by atoms with E-state index in [1.807, 2.05) is 13.8 Å². The van der Waals surface area contributed by atoms with E-state index in [4.69, 9.17) is 4.74 Å². The van der Waals surface area contributed by atoms with Gasteiger partial charge in [-0.25, -0.2) is 9.18 Å². The summed E-state index contributed by atoms with van der Waals surface area (Å²) in [6.07, 6.45) is -0.0574. The van der Waals surface area contributed by atoms with Crippen LogP contribution in [0.4, 0.5) is 4.39 Å². The minimum absolute atomic E-state index is 0.0474.